The summed E-state index contributed by atoms with van der Waals surface area (Å²) in [4.78, 5) is 14.3. The van der Waals surface area contributed by atoms with E-state index >= 15 is 0 Å². The quantitative estimate of drug-likeness (QED) is 0.508. The van der Waals surface area contributed by atoms with E-state index in [2.05, 4.69) is 4.99 Å². The molecule has 0 atom stereocenters. The molecule has 0 aliphatic heterocycles. The predicted octanol–water partition coefficient (Wildman–Crippen LogP) is 3.87. The third-order valence-electron chi connectivity index (χ3n) is 2.39. The van der Waals surface area contributed by atoms with Crippen LogP contribution < -0.4 is 6.15 Å². The molecule has 0 fully saturated rings. The van der Waals surface area contributed by atoms with Crippen LogP contribution in [0.1, 0.15) is 5.56 Å². The van der Waals surface area contributed by atoms with Crippen molar-refractivity contribution in [1.82, 2.24) is 6.15 Å². The lowest BCUT2D eigenvalue weighted by molar-refractivity contribution is -0.384. The molecule has 0 aromatic heterocycles. The first-order valence-electron chi connectivity index (χ1n) is 5.33. The number of hydrogen-bond donors (Lipinski definition) is 2. The number of nitrogens with zero attached hydrogens (tertiary/aromatic N) is 2. The smallest absolute Gasteiger partial charge is 0.270 e. The number of nitro groups is 1. The van der Waals surface area contributed by atoms with Crippen LogP contribution in [-0.2, 0) is 0 Å². The predicted molar refractivity (Wildman–Crippen MR) is 78.5 cm³/mol. The van der Waals surface area contributed by atoms with Gasteiger partial charge in [-0.25, -0.2) is 0 Å². The van der Waals surface area contributed by atoms with E-state index in [1.54, 1.807) is 12.1 Å². The van der Waals surface area contributed by atoms with Crippen LogP contribution in [0.5, 0.6) is 5.75 Å². The van der Waals surface area contributed by atoms with Crippen LogP contribution in [0, 0.1) is 10.1 Å². The van der Waals surface area contributed by atoms with Crippen molar-refractivity contribution in [3.05, 3.63) is 63.2 Å². The van der Waals surface area contributed by atoms with Gasteiger partial charge in [0.05, 0.1) is 10.6 Å². The van der Waals surface area contributed by atoms with Gasteiger partial charge in [-0.2, -0.15) is 0 Å². The molecule has 0 radical (unpaired) electrons. The first-order chi connectivity index (χ1) is 9.06. The fraction of sp³-hybridized carbons (Fsp3) is 0. The van der Waals surface area contributed by atoms with Crippen LogP contribution in [0.25, 0.3) is 0 Å². The van der Waals surface area contributed by atoms with E-state index in [9.17, 15) is 10.1 Å². The van der Waals surface area contributed by atoms with Crippen LogP contribution >= 0.6 is 11.6 Å². The molecule has 4 N–H and O–H groups in total. The molecule has 7 heteroatoms. The van der Waals surface area contributed by atoms with Crippen molar-refractivity contribution < 1.29 is 10.0 Å². The second-order valence-electron chi connectivity index (χ2n) is 3.74. The second kappa shape index (κ2) is 6.65. The van der Waals surface area contributed by atoms with Crippen LogP contribution in [-0.4, -0.2) is 16.2 Å². The van der Waals surface area contributed by atoms with Crippen LogP contribution in [0.4, 0.5) is 11.4 Å². The molecular weight excluding hydrogens is 282 g/mol. The molecular formula is C13H12ClN3O3. The maximum atomic E-state index is 10.7. The highest BCUT2D eigenvalue weighted by Gasteiger charge is 2.08. The van der Waals surface area contributed by atoms with E-state index in [1.165, 1.54) is 36.5 Å². The van der Waals surface area contributed by atoms with E-state index in [1.807, 2.05) is 0 Å². The number of rotatable bonds is 3. The lowest BCUT2D eigenvalue weighted by Gasteiger charge is -1.98. The number of non-ortho nitro benzene ring substituents is 1. The number of benzene rings is 2. The van der Waals surface area contributed by atoms with Crippen LogP contribution in [0.2, 0.25) is 5.02 Å². The molecule has 2 aromatic rings. The molecule has 2 rings (SSSR count). The summed E-state index contributed by atoms with van der Waals surface area (Å²) >= 11 is 5.94. The Kier molecular flexibility index (Phi) is 5.19. The molecule has 0 heterocycles. The Balaban J connectivity index is 0.00000200. The Labute approximate surface area is 120 Å². The third kappa shape index (κ3) is 3.78. The van der Waals surface area contributed by atoms with E-state index in [0.717, 1.165) is 0 Å². The lowest BCUT2D eigenvalue weighted by atomic mass is 10.2. The van der Waals surface area contributed by atoms with Gasteiger partial charge < -0.3 is 11.3 Å². The van der Waals surface area contributed by atoms with Gasteiger partial charge in [0.1, 0.15) is 5.75 Å². The number of phenols is 1. The molecule has 2 aromatic carbocycles. The molecule has 6 nitrogen and oxygen atoms in total. The summed E-state index contributed by atoms with van der Waals surface area (Å²) in [6.07, 6.45) is 1.45. The van der Waals surface area contributed by atoms with Gasteiger partial charge in [0.2, 0.25) is 0 Å². The number of phenolic OH excluding ortho intramolecular Hbond substituents is 1. The van der Waals surface area contributed by atoms with Crippen molar-refractivity contribution in [2.45, 2.75) is 0 Å². The molecule has 20 heavy (non-hydrogen) atoms. The summed E-state index contributed by atoms with van der Waals surface area (Å²) in [5.74, 6) is 0.146. The highest BCUT2D eigenvalue weighted by atomic mass is 35.5. The van der Waals surface area contributed by atoms with E-state index < -0.39 is 4.92 Å². The number of nitro benzene ring substituents is 1. The number of aliphatic imine (C=N–C) groups is 1. The van der Waals surface area contributed by atoms with Crippen molar-refractivity contribution in [3.8, 4) is 5.75 Å². The van der Waals surface area contributed by atoms with E-state index in [0.29, 0.717) is 16.3 Å². The van der Waals surface area contributed by atoms with Crippen molar-refractivity contribution >= 4 is 29.2 Å². The molecule has 0 aliphatic carbocycles. The Morgan fingerprint density at radius 1 is 1.20 bits per heavy atom. The highest BCUT2D eigenvalue weighted by Crippen LogP contribution is 2.22. The molecule has 0 spiro atoms. The highest BCUT2D eigenvalue weighted by molar-refractivity contribution is 6.33. The first-order valence-corrected chi connectivity index (χ1v) is 5.71. The molecule has 0 unspecified atom stereocenters. The van der Waals surface area contributed by atoms with E-state index in [-0.39, 0.29) is 17.6 Å². The zero-order valence-corrected chi connectivity index (χ0v) is 11.1. The van der Waals surface area contributed by atoms with Crippen LogP contribution in [0.3, 0.4) is 0 Å². The van der Waals surface area contributed by atoms with Gasteiger partial charge in [0.25, 0.3) is 5.69 Å². The van der Waals surface area contributed by atoms with Gasteiger partial charge in [-0.3, -0.25) is 15.1 Å². The maximum absolute atomic E-state index is 10.7. The van der Waals surface area contributed by atoms with Gasteiger partial charge >= 0.3 is 0 Å². The van der Waals surface area contributed by atoms with Crippen LogP contribution in [0.15, 0.2) is 47.5 Å². The van der Waals surface area contributed by atoms with Gasteiger partial charge in [-0.05, 0) is 30.3 Å². The summed E-state index contributed by atoms with van der Waals surface area (Å²) in [6, 6.07) is 10.4. The Morgan fingerprint density at radius 3 is 2.45 bits per heavy atom. The summed E-state index contributed by atoms with van der Waals surface area (Å²) in [5, 5.41) is 20.2. The molecule has 0 aliphatic rings. The van der Waals surface area contributed by atoms with Crippen molar-refractivity contribution in [2.75, 3.05) is 0 Å². The fourth-order valence-electron chi connectivity index (χ4n) is 1.43. The molecule has 104 valence electrons. The molecule has 0 amide bonds. The van der Waals surface area contributed by atoms with Gasteiger partial charge in [-0.15, -0.1) is 0 Å². The molecule has 0 saturated carbocycles. The monoisotopic (exact) mass is 293 g/mol. The van der Waals surface area contributed by atoms with Crippen molar-refractivity contribution in [2.24, 2.45) is 4.99 Å². The Morgan fingerprint density at radius 2 is 1.85 bits per heavy atom. The van der Waals surface area contributed by atoms with Crippen molar-refractivity contribution in [3.63, 3.8) is 0 Å². The zero-order chi connectivity index (χ0) is 13.8. The average molecular weight is 294 g/mol. The summed E-state index contributed by atoms with van der Waals surface area (Å²) in [7, 11) is 0. The number of halogens is 1. The normalized spacial score (nSPS) is 10.2. The molecule has 0 bridgehead atoms. The van der Waals surface area contributed by atoms with Gasteiger partial charge in [0, 0.05) is 28.9 Å². The Hall–Kier alpha value is -2.44. The summed E-state index contributed by atoms with van der Waals surface area (Å²) in [6.45, 7) is 0. The largest absolute Gasteiger partial charge is 0.508 e. The Bertz CT molecular complexity index is 642. The lowest BCUT2D eigenvalue weighted by Crippen LogP contribution is -1.90. The summed E-state index contributed by atoms with van der Waals surface area (Å²) < 4.78 is 0. The minimum atomic E-state index is -0.492. The SMILES string of the molecule is N.O=[N+]([O-])c1ccc(Cl)c(C=Nc2ccc(O)cc2)c1. The minimum Gasteiger partial charge on any atom is -0.508 e. The fourth-order valence-corrected chi connectivity index (χ4v) is 1.59. The average Bonchev–Trinajstić information content (AvgIpc) is 2.39. The molecule has 0 saturated heterocycles. The topological polar surface area (TPSA) is 111 Å². The van der Waals surface area contributed by atoms with Crippen molar-refractivity contribution in [1.29, 1.82) is 0 Å². The van der Waals surface area contributed by atoms with Gasteiger partial charge in [0.15, 0.2) is 0 Å². The minimum absolute atomic E-state index is 0. The first kappa shape index (κ1) is 15.6. The number of aromatic hydroxyl groups is 1. The number of hydrogen-bond acceptors (Lipinski definition) is 5. The second-order valence-corrected chi connectivity index (χ2v) is 4.14. The summed E-state index contributed by atoms with van der Waals surface area (Å²) in [5.41, 5.74) is 1.03. The van der Waals surface area contributed by atoms with Gasteiger partial charge in [-0.1, -0.05) is 11.6 Å². The third-order valence-corrected chi connectivity index (χ3v) is 2.74. The maximum Gasteiger partial charge on any atom is 0.270 e. The van der Waals surface area contributed by atoms with E-state index in [4.69, 9.17) is 16.7 Å². The standard InChI is InChI=1S/C13H9ClN2O3.H3N/c14-13-6-3-11(16(18)19)7-9(13)8-15-10-1-4-12(17)5-2-10;/h1-8,17H;1H3. The zero-order valence-electron chi connectivity index (χ0n) is 10.4.